The van der Waals surface area contributed by atoms with Gasteiger partial charge in [0, 0.05) is 18.5 Å². The van der Waals surface area contributed by atoms with Crippen molar-refractivity contribution in [2.45, 2.75) is 0 Å². The number of carboxylic acid groups (broad SMARTS) is 1. The molecule has 0 saturated heterocycles. The van der Waals surface area contributed by atoms with Gasteiger partial charge in [-0.15, -0.1) is 0 Å². The number of carboxylic acids is 1. The monoisotopic (exact) mass is 315 g/mol. The SMILES string of the molecule is Nc1ncccn1.O=C(O)COc1ccc(Cl)c(Cl)c1. The molecule has 20 heavy (non-hydrogen) atoms. The van der Waals surface area contributed by atoms with Gasteiger partial charge in [-0.25, -0.2) is 14.8 Å². The summed E-state index contributed by atoms with van der Waals surface area (Å²) in [7, 11) is 0. The summed E-state index contributed by atoms with van der Waals surface area (Å²) in [4.78, 5) is 17.4. The van der Waals surface area contributed by atoms with Gasteiger partial charge >= 0.3 is 5.97 Å². The van der Waals surface area contributed by atoms with Gasteiger partial charge in [0.1, 0.15) is 5.75 Å². The first-order valence-electron chi connectivity index (χ1n) is 5.31. The molecule has 1 aromatic carbocycles. The Bertz CT molecular complexity index is 567. The highest BCUT2D eigenvalue weighted by atomic mass is 35.5. The molecule has 0 atom stereocenters. The Morgan fingerprint density at radius 3 is 2.35 bits per heavy atom. The molecule has 0 saturated carbocycles. The highest BCUT2D eigenvalue weighted by Crippen LogP contribution is 2.26. The number of hydrogen-bond donors (Lipinski definition) is 2. The molecule has 106 valence electrons. The molecule has 0 radical (unpaired) electrons. The van der Waals surface area contributed by atoms with Gasteiger partial charge in [0.15, 0.2) is 6.61 Å². The standard InChI is InChI=1S/C8H6Cl2O3.C4H5N3/c9-6-2-1-5(3-7(6)10)13-4-8(11)12;5-4-6-2-1-3-7-4/h1-3H,4H2,(H,11,12);1-3H,(H2,5,6,7). The van der Waals surface area contributed by atoms with Crippen LogP contribution >= 0.6 is 23.2 Å². The number of nitrogens with zero attached hydrogens (tertiary/aromatic N) is 2. The number of rotatable bonds is 3. The molecule has 0 spiro atoms. The zero-order valence-electron chi connectivity index (χ0n) is 10.2. The van der Waals surface area contributed by atoms with E-state index in [1.165, 1.54) is 6.07 Å². The minimum Gasteiger partial charge on any atom is -0.482 e. The van der Waals surface area contributed by atoms with Crippen LogP contribution in [0.5, 0.6) is 5.75 Å². The van der Waals surface area contributed by atoms with Gasteiger partial charge in [0.2, 0.25) is 5.95 Å². The molecule has 2 rings (SSSR count). The lowest BCUT2D eigenvalue weighted by atomic mass is 10.3. The Morgan fingerprint density at radius 2 is 1.90 bits per heavy atom. The number of nitrogens with two attached hydrogens (primary N) is 1. The molecule has 6 nitrogen and oxygen atoms in total. The summed E-state index contributed by atoms with van der Waals surface area (Å²) in [5.74, 6) is -0.328. The summed E-state index contributed by atoms with van der Waals surface area (Å²) in [6, 6.07) is 6.28. The summed E-state index contributed by atoms with van der Waals surface area (Å²) in [5, 5.41) is 9.06. The number of ether oxygens (including phenoxy) is 1. The zero-order chi connectivity index (χ0) is 15.0. The van der Waals surface area contributed by atoms with E-state index in [9.17, 15) is 4.79 Å². The van der Waals surface area contributed by atoms with Gasteiger partial charge in [-0.2, -0.15) is 0 Å². The van der Waals surface area contributed by atoms with Gasteiger partial charge < -0.3 is 15.6 Å². The van der Waals surface area contributed by atoms with E-state index in [0.717, 1.165) is 0 Å². The van der Waals surface area contributed by atoms with Crippen molar-refractivity contribution in [3.8, 4) is 5.75 Å². The minimum atomic E-state index is -1.04. The predicted molar refractivity (Wildman–Crippen MR) is 76.0 cm³/mol. The summed E-state index contributed by atoms with van der Waals surface area (Å²) in [5.41, 5.74) is 5.14. The lowest BCUT2D eigenvalue weighted by Crippen LogP contribution is -2.09. The maximum Gasteiger partial charge on any atom is 0.341 e. The third-order valence-corrected chi connectivity index (χ3v) is 2.58. The average molecular weight is 316 g/mol. The second-order valence-electron chi connectivity index (χ2n) is 3.37. The first-order chi connectivity index (χ1) is 9.49. The maximum absolute atomic E-state index is 10.1. The van der Waals surface area contributed by atoms with Crippen molar-refractivity contribution in [1.29, 1.82) is 0 Å². The average Bonchev–Trinajstić information content (AvgIpc) is 2.42. The second-order valence-corrected chi connectivity index (χ2v) is 4.18. The van der Waals surface area contributed by atoms with E-state index < -0.39 is 12.6 Å². The molecule has 2 aromatic rings. The quantitative estimate of drug-likeness (QED) is 0.903. The van der Waals surface area contributed by atoms with Gasteiger partial charge in [-0.05, 0) is 18.2 Å². The molecule has 0 amide bonds. The first kappa shape index (κ1) is 16.0. The zero-order valence-corrected chi connectivity index (χ0v) is 11.7. The van der Waals surface area contributed by atoms with Crippen molar-refractivity contribution >= 4 is 35.1 Å². The summed E-state index contributed by atoms with van der Waals surface area (Å²) < 4.78 is 4.86. The van der Waals surface area contributed by atoms with E-state index in [-0.39, 0.29) is 0 Å². The van der Waals surface area contributed by atoms with Crippen molar-refractivity contribution in [3.63, 3.8) is 0 Å². The summed E-state index contributed by atoms with van der Waals surface area (Å²) in [6.07, 6.45) is 3.20. The van der Waals surface area contributed by atoms with E-state index in [4.69, 9.17) is 38.8 Å². The van der Waals surface area contributed by atoms with E-state index in [0.29, 0.717) is 21.7 Å². The van der Waals surface area contributed by atoms with Gasteiger partial charge in [-0.1, -0.05) is 23.2 Å². The highest BCUT2D eigenvalue weighted by Gasteiger charge is 2.02. The molecule has 0 unspecified atom stereocenters. The van der Waals surface area contributed by atoms with Crippen LogP contribution in [0.25, 0.3) is 0 Å². The number of carbonyl (C=O) groups is 1. The summed E-state index contributed by atoms with van der Waals surface area (Å²) in [6.45, 7) is -0.391. The molecule has 0 bridgehead atoms. The highest BCUT2D eigenvalue weighted by molar-refractivity contribution is 6.42. The van der Waals surface area contributed by atoms with Crippen LogP contribution in [-0.2, 0) is 4.79 Å². The number of nitrogen functional groups attached to an aromatic ring is 1. The second kappa shape index (κ2) is 8.19. The molecule has 1 heterocycles. The molecule has 0 aliphatic carbocycles. The van der Waals surface area contributed by atoms with Crippen molar-refractivity contribution in [2.75, 3.05) is 12.3 Å². The molecule has 0 aliphatic rings. The fraction of sp³-hybridized carbons (Fsp3) is 0.0833. The first-order valence-corrected chi connectivity index (χ1v) is 6.06. The fourth-order valence-electron chi connectivity index (χ4n) is 1.02. The topological polar surface area (TPSA) is 98.3 Å². The Kier molecular flexibility index (Phi) is 6.55. The number of halogens is 2. The van der Waals surface area contributed by atoms with Crippen LogP contribution in [-0.4, -0.2) is 27.7 Å². The molecular weight excluding hydrogens is 305 g/mol. The van der Waals surface area contributed by atoms with Gasteiger partial charge in [0.25, 0.3) is 0 Å². The largest absolute Gasteiger partial charge is 0.482 e. The summed E-state index contributed by atoms with van der Waals surface area (Å²) >= 11 is 11.3. The third kappa shape index (κ3) is 6.21. The number of aliphatic carboxylic acids is 1. The molecule has 0 aliphatic heterocycles. The Balaban J connectivity index is 0.000000240. The Labute approximate surface area is 125 Å². The van der Waals surface area contributed by atoms with Crippen LogP contribution in [0.3, 0.4) is 0 Å². The van der Waals surface area contributed by atoms with Crippen LogP contribution in [0.15, 0.2) is 36.7 Å². The Hall–Kier alpha value is -2.05. The van der Waals surface area contributed by atoms with E-state index in [2.05, 4.69) is 9.97 Å². The molecular formula is C12H11Cl2N3O3. The van der Waals surface area contributed by atoms with E-state index in [1.807, 2.05) is 0 Å². The van der Waals surface area contributed by atoms with Gasteiger partial charge in [-0.3, -0.25) is 0 Å². The number of benzene rings is 1. The molecule has 1 aromatic heterocycles. The van der Waals surface area contributed by atoms with E-state index >= 15 is 0 Å². The lowest BCUT2D eigenvalue weighted by molar-refractivity contribution is -0.139. The van der Waals surface area contributed by atoms with Crippen LogP contribution in [0, 0.1) is 0 Å². The lowest BCUT2D eigenvalue weighted by Gasteiger charge is -2.03. The molecule has 0 fully saturated rings. The molecule has 8 heteroatoms. The van der Waals surface area contributed by atoms with Crippen LogP contribution in [0.1, 0.15) is 0 Å². The van der Waals surface area contributed by atoms with Crippen LogP contribution in [0.2, 0.25) is 10.0 Å². The number of anilines is 1. The maximum atomic E-state index is 10.1. The van der Waals surface area contributed by atoms with Crippen molar-refractivity contribution in [1.82, 2.24) is 9.97 Å². The van der Waals surface area contributed by atoms with Crippen molar-refractivity contribution in [2.24, 2.45) is 0 Å². The van der Waals surface area contributed by atoms with E-state index in [1.54, 1.807) is 30.6 Å². The smallest absolute Gasteiger partial charge is 0.341 e. The van der Waals surface area contributed by atoms with Gasteiger partial charge in [0.05, 0.1) is 10.0 Å². The number of aromatic nitrogens is 2. The van der Waals surface area contributed by atoms with Crippen molar-refractivity contribution in [3.05, 3.63) is 46.7 Å². The third-order valence-electron chi connectivity index (χ3n) is 1.84. The van der Waals surface area contributed by atoms with Crippen molar-refractivity contribution < 1.29 is 14.6 Å². The predicted octanol–water partition coefficient (Wildman–Crippen LogP) is 2.52. The fourth-order valence-corrected chi connectivity index (χ4v) is 1.31. The Morgan fingerprint density at radius 1 is 1.25 bits per heavy atom. The van der Waals surface area contributed by atoms with Crippen LogP contribution in [0.4, 0.5) is 5.95 Å². The normalized spacial score (nSPS) is 9.30. The minimum absolute atomic E-state index is 0.322. The number of hydrogen-bond acceptors (Lipinski definition) is 5. The molecule has 3 N–H and O–H groups in total. The van der Waals surface area contributed by atoms with Crippen LogP contribution < -0.4 is 10.5 Å².